The van der Waals surface area contributed by atoms with Crippen molar-refractivity contribution in [2.24, 2.45) is 0 Å². The SMILES string of the molecule is O=C(Nc1nc2ccccc2s1)c1ccc(N(Cc2ccc(F)cc2)C(=O)C2CO2)cc1.O=CNc1cccc(Cl)c1. The average molecular weight is 603 g/mol. The van der Waals surface area contributed by atoms with E-state index in [2.05, 4.69) is 15.6 Å². The number of aromatic nitrogens is 1. The molecule has 42 heavy (non-hydrogen) atoms. The van der Waals surface area contributed by atoms with Gasteiger partial charge in [-0.1, -0.05) is 53.3 Å². The van der Waals surface area contributed by atoms with Crippen molar-refractivity contribution in [2.45, 2.75) is 12.6 Å². The highest BCUT2D eigenvalue weighted by molar-refractivity contribution is 7.22. The van der Waals surface area contributed by atoms with Gasteiger partial charge in [0.05, 0.1) is 23.4 Å². The van der Waals surface area contributed by atoms with Crippen LogP contribution in [0.1, 0.15) is 15.9 Å². The fraction of sp³-hybridized carbons (Fsp3) is 0.0968. The number of hydrogen-bond acceptors (Lipinski definition) is 6. The Hall–Kier alpha value is -4.64. The van der Waals surface area contributed by atoms with Gasteiger partial charge in [-0.25, -0.2) is 9.37 Å². The van der Waals surface area contributed by atoms with Crippen LogP contribution in [0, 0.1) is 5.82 Å². The second kappa shape index (κ2) is 13.3. The molecule has 6 rings (SSSR count). The molecule has 1 unspecified atom stereocenters. The van der Waals surface area contributed by atoms with Crippen molar-refractivity contribution in [3.63, 3.8) is 0 Å². The lowest BCUT2D eigenvalue weighted by Gasteiger charge is -2.22. The summed E-state index contributed by atoms with van der Waals surface area (Å²) in [6.07, 6.45) is 0.156. The van der Waals surface area contributed by atoms with Crippen molar-refractivity contribution in [1.82, 2.24) is 4.98 Å². The zero-order valence-corrected chi connectivity index (χ0v) is 23.6. The standard InChI is InChI=1S/C24H18FN3O3S.C7H6ClNO/c25-17-9-5-15(6-10-17)13-28(23(30)20-14-31-20)18-11-7-16(8-12-18)22(29)27-24-26-19-3-1-2-4-21(19)32-24;8-6-2-1-3-7(4-6)9-5-10/h1-12,20H,13-14H2,(H,26,27,29);1-5H,(H,9,10). The minimum atomic E-state index is -0.461. The van der Waals surface area contributed by atoms with Crippen molar-refractivity contribution >= 4 is 67.9 Å². The summed E-state index contributed by atoms with van der Waals surface area (Å²) >= 11 is 7.03. The molecule has 8 nitrogen and oxygen atoms in total. The Morgan fingerprint density at radius 1 is 1.02 bits per heavy atom. The van der Waals surface area contributed by atoms with Crippen LogP contribution in [0.15, 0.2) is 97.1 Å². The van der Waals surface area contributed by atoms with E-state index < -0.39 is 6.10 Å². The van der Waals surface area contributed by atoms with E-state index in [1.165, 1.54) is 23.5 Å². The molecule has 5 aromatic rings. The van der Waals surface area contributed by atoms with Crippen LogP contribution in [0.25, 0.3) is 10.2 Å². The molecule has 0 bridgehead atoms. The first-order valence-electron chi connectivity index (χ1n) is 12.8. The van der Waals surface area contributed by atoms with Crippen LogP contribution in [0.2, 0.25) is 5.02 Å². The van der Waals surface area contributed by atoms with Gasteiger partial charge in [0.15, 0.2) is 11.2 Å². The number of carbonyl (C=O) groups excluding carboxylic acids is 3. The van der Waals surface area contributed by atoms with E-state index in [0.29, 0.717) is 40.1 Å². The molecule has 11 heteroatoms. The van der Waals surface area contributed by atoms with Crippen LogP contribution in [0.3, 0.4) is 0 Å². The first-order valence-corrected chi connectivity index (χ1v) is 14.0. The zero-order chi connectivity index (χ0) is 29.5. The Bertz CT molecular complexity index is 1680. The fourth-order valence-electron chi connectivity index (χ4n) is 3.97. The molecule has 0 radical (unpaired) electrons. The van der Waals surface area contributed by atoms with E-state index in [1.807, 2.05) is 24.3 Å². The molecule has 2 heterocycles. The molecule has 4 aromatic carbocycles. The predicted octanol–water partition coefficient (Wildman–Crippen LogP) is 6.53. The van der Waals surface area contributed by atoms with Crippen LogP contribution in [0.4, 0.5) is 20.9 Å². The van der Waals surface area contributed by atoms with Gasteiger partial charge in [0.1, 0.15) is 5.82 Å². The number of rotatable bonds is 8. The normalized spacial score (nSPS) is 13.4. The maximum Gasteiger partial charge on any atom is 0.258 e. The topological polar surface area (TPSA) is 104 Å². The van der Waals surface area contributed by atoms with Gasteiger partial charge in [-0.3, -0.25) is 19.7 Å². The summed E-state index contributed by atoms with van der Waals surface area (Å²) in [5.74, 6) is -0.779. The third-order valence-corrected chi connectivity index (χ3v) is 7.32. The molecule has 1 aromatic heterocycles. The number of nitrogens with zero attached hydrogens (tertiary/aromatic N) is 2. The third-order valence-electron chi connectivity index (χ3n) is 6.13. The van der Waals surface area contributed by atoms with Gasteiger partial charge in [0.25, 0.3) is 11.8 Å². The number of anilines is 3. The van der Waals surface area contributed by atoms with Crippen LogP contribution in [-0.2, 0) is 20.9 Å². The summed E-state index contributed by atoms with van der Waals surface area (Å²) in [7, 11) is 0. The number of benzene rings is 4. The summed E-state index contributed by atoms with van der Waals surface area (Å²) in [6, 6.07) is 27.4. The van der Waals surface area contributed by atoms with Gasteiger partial charge in [-0.2, -0.15) is 0 Å². The molecule has 1 saturated heterocycles. The van der Waals surface area contributed by atoms with Crippen molar-refractivity contribution in [2.75, 3.05) is 22.1 Å². The lowest BCUT2D eigenvalue weighted by molar-refractivity contribution is -0.119. The molecule has 1 atom stereocenters. The van der Waals surface area contributed by atoms with Gasteiger partial charge >= 0.3 is 0 Å². The van der Waals surface area contributed by atoms with E-state index in [4.69, 9.17) is 16.3 Å². The highest BCUT2D eigenvalue weighted by Crippen LogP contribution is 2.27. The van der Waals surface area contributed by atoms with Crippen LogP contribution < -0.4 is 15.5 Å². The molecule has 0 spiro atoms. The zero-order valence-electron chi connectivity index (χ0n) is 22.0. The average Bonchev–Trinajstić information content (AvgIpc) is 3.77. The Morgan fingerprint density at radius 2 is 1.76 bits per heavy atom. The number of halogens is 2. The van der Waals surface area contributed by atoms with Crippen molar-refractivity contribution in [3.8, 4) is 0 Å². The number of ether oxygens (including phenoxy) is 1. The first-order chi connectivity index (χ1) is 20.4. The summed E-state index contributed by atoms with van der Waals surface area (Å²) in [4.78, 5) is 41.4. The lowest BCUT2D eigenvalue weighted by atomic mass is 10.1. The molecule has 2 N–H and O–H groups in total. The Kier molecular flexibility index (Phi) is 9.18. The Morgan fingerprint density at radius 3 is 2.43 bits per heavy atom. The second-order valence-corrected chi connectivity index (χ2v) is 10.6. The van der Waals surface area contributed by atoms with E-state index in [0.717, 1.165) is 15.8 Å². The minimum absolute atomic E-state index is 0.166. The van der Waals surface area contributed by atoms with Crippen molar-refractivity contribution in [3.05, 3.63) is 119 Å². The van der Waals surface area contributed by atoms with Crippen molar-refractivity contribution < 1.29 is 23.5 Å². The molecule has 1 aliphatic heterocycles. The second-order valence-electron chi connectivity index (χ2n) is 9.13. The van der Waals surface area contributed by atoms with Gasteiger partial charge in [-0.05, 0) is 72.3 Å². The van der Waals surface area contributed by atoms with Gasteiger partial charge < -0.3 is 15.0 Å². The van der Waals surface area contributed by atoms with Crippen LogP contribution >= 0.6 is 22.9 Å². The van der Waals surface area contributed by atoms with E-state index in [-0.39, 0.29) is 24.2 Å². The monoisotopic (exact) mass is 602 g/mol. The van der Waals surface area contributed by atoms with E-state index >= 15 is 0 Å². The van der Waals surface area contributed by atoms with Crippen LogP contribution in [-0.4, -0.2) is 35.9 Å². The molecular formula is C31H24ClFN4O4S. The first kappa shape index (κ1) is 28.9. The van der Waals surface area contributed by atoms with Gasteiger partial charge in [0, 0.05) is 22.0 Å². The van der Waals surface area contributed by atoms with Crippen molar-refractivity contribution in [1.29, 1.82) is 0 Å². The van der Waals surface area contributed by atoms with E-state index in [1.54, 1.807) is 65.6 Å². The summed E-state index contributed by atoms with van der Waals surface area (Å²) in [6.45, 7) is 0.664. The molecule has 0 saturated carbocycles. The minimum Gasteiger partial charge on any atom is -0.363 e. The summed E-state index contributed by atoms with van der Waals surface area (Å²) in [5.41, 5.74) is 3.41. The predicted molar refractivity (Wildman–Crippen MR) is 162 cm³/mol. The molecule has 1 fully saturated rings. The summed E-state index contributed by atoms with van der Waals surface area (Å²) in [5, 5.41) is 6.45. The number of epoxide rings is 1. The number of fused-ring (bicyclic) bond motifs is 1. The fourth-order valence-corrected chi connectivity index (χ4v) is 5.02. The number of carbonyl (C=O) groups is 3. The number of amides is 3. The number of hydrogen-bond donors (Lipinski definition) is 2. The highest BCUT2D eigenvalue weighted by atomic mass is 35.5. The Labute approximate surface area is 249 Å². The third kappa shape index (κ3) is 7.55. The van der Waals surface area contributed by atoms with E-state index in [9.17, 15) is 18.8 Å². The van der Waals surface area contributed by atoms with Gasteiger partial charge in [0.2, 0.25) is 6.41 Å². The molecule has 3 amide bonds. The van der Waals surface area contributed by atoms with Gasteiger partial charge in [-0.15, -0.1) is 0 Å². The molecular weight excluding hydrogens is 579 g/mol. The molecule has 0 aliphatic carbocycles. The van der Waals surface area contributed by atoms with Crippen LogP contribution in [0.5, 0.6) is 0 Å². The Balaban J connectivity index is 0.000000300. The lowest BCUT2D eigenvalue weighted by Crippen LogP contribution is -2.34. The molecule has 212 valence electrons. The quantitative estimate of drug-likeness (QED) is 0.155. The molecule has 1 aliphatic rings. The number of nitrogens with one attached hydrogen (secondary N) is 2. The summed E-state index contributed by atoms with van der Waals surface area (Å²) < 4.78 is 19.4. The highest BCUT2D eigenvalue weighted by Gasteiger charge is 2.35. The smallest absolute Gasteiger partial charge is 0.258 e. The number of thiazole rings is 1. The number of para-hydroxylation sites is 1. The maximum atomic E-state index is 13.2. The maximum absolute atomic E-state index is 13.2. The largest absolute Gasteiger partial charge is 0.363 e.